The number of hydrogen-bond acceptors (Lipinski definition) is 3. The normalized spacial score (nSPS) is 11.7. The Balaban J connectivity index is 1.48. The Bertz CT molecular complexity index is 1300. The first-order chi connectivity index (χ1) is 16.4. The molecule has 4 aromatic rings. The number of nitrogens with zero attached hydrogens (tertiary/aromatic N) is 1. The van der Waals surface area contributed by atoms with Gasteiger partial charge in [-0.2, -0.15) is 0 Å². The van der Waals surface area contributed by atoms with Crippen LogP contribution in [0.5, 0.6) is 0 Å². The number of aromatic nitrogens is 1. The van der Waals surface area contributed by atoms with Crippen molar-refractivity contribution in [3.05, 3.63) is 101 Å². The molecule has 6 nitrogen and oxygen atoms in total. The number of halogens is 1. The third-order valence-corrected chi connectivity index (χ3v) is 6.04. The Kier molecular flexibility index (Phi) is 7.18. The highest BCUT2D eigenvalue weighted by Gasteiger charge is 2.19. The van der Waals surface area contributed by atoms with Crippen molar-refractivity contribution in [1.82, 2.24) is 15.6 Å². The van der Waals surface area contributed by atoms with Crippen molar-refractivity contribution in [2.45, 2.75) is 5.92 Å². The van der Waals surface area contributed by atoms with E-state index < -0.39 is 0 Å². The molecule has 0 aliphatic carbocycles. The molecule has 174 valence electrons. The minimum absolute atomic E-state index is 0.0556. The molecule has 34 heavy (non-hydrogen) atoms. The van der Waals surface area contributed by atoms with Crippen molar-refractivity contribution in [2.75, 3.05) is 32.1 Å². The van der Waals surface area contributed by atoms with Gasteiger partial charge < -0.3 is 20.5 Å². The first-order valence-electron chi connectivity index (χ1n) is 11.1. The Morgan fingerprint density at radius 2 is 1.74 bits per heavy atom. The maximum absolute atomic E-state index is 12.6. The lowest BCUT2D eigenvalue weighted by atomic mass is 9.90. The molecule has 1 unspecified atom stereocenters. The van der Waals surface area contributed by atoms with Crippen LogP contribution in [0.4, 0.5) is 5.69 Å². The van der Waals surface area contributed by atoms with E-state index >= 15 is 0 Å². The predicted octanol–water partition coefficient (Wildman–Crippen LogP) is 4.57. The van der Waals surface area contributed by atoms with Gasteiger partial charge in [0.2, 0.25) is 5.91 Å². The molecule has 0 spiro atoms. The minimum Gasteiger partial charge on any atom is -0.378 e. The van der Waals surface area contributed by atoms with E-state index in [0.29, 0.717) is 17.1 Å². The van der Waals surface area contributed by atoms with Crippen LogP contribution in [-0.2, 0) is 4.79 Å². The summed E-state index contributed by atoms with van der Waals surface area (Å²) < 4.78 is 0. The molecule has 3 N–H and O–H groups in total. The van der Waals surface area contributed by atoms with Crippen LogP contribution in [0.1, 0.15) is 27.4 Å². The summed E-state index contributed by atoms with van der Waals surface area (Å²) in [4.78, 5) is 30.3. The van der Waals surface area contributed by atoms with Crippen molar-refractivity contribution < 1.29 is 9.59 Å². The van der Waals surface area contributed by atoms with E-state index in [1.54, 1.807) is 24.3 Å². The summed E-state index contributed by atoms with van der Waals surface area (Å²) in [7, 11) is 4.01. The minimum atomic E-state index is -0.342. The average molecular weight is 475 g/mol. The smallest absolute Gasteiger partial charge is 0.251 e. The lowest BCUT2D eigenvalue weighted by Gasteiger charge is -2.20. The molecule has 0 aliphatic heterocycles. The predicted molar refractivity (Wildman–Crippen MR) is 138 cm³/mol. The topological polar surface area (TPSA) is 77.2 Å². The fourth-order valence-corrected chi connectivity index (χ4v) is 4.16. The van der Waals surface area contributed by atoms with Gasteiger partial charge in [-0.25, -0.2) is 0 Å². The van der Waals surface area contributed by atoms with Crippen LogP contribution >= 0.6 is 11.6 Å². The van der Waals surface area contributed by atoms with Crippen molar-refractivity contribution in [3.63, 3.8) is 0 Å². The largest absolute Gasteiger partial charge is 0.378 e. The number of aromatic amines is 1. The zero-order valence-corrected chi connectivity index (χ0v) is 19.9. The molecule has 0 bridgehead atoms. The van der Waals surface area contributed by atoms with Gasteiger partial charge in [0.05, 0.1) is 6.54 Å². The van der Waals surface area contributed by atoms with E-state index in [0.717, 1.165) is 27.7 Å². The molecule has 4 rings (SSSR count). The number of rotatable bonds is 8. The van der Waals surface area contributed by atoms with Crippen LogP contribution in [-0.4, -0.2) is 44.0 Å². The summed E-state index contributed by atoms with van der Waals surface area (Å²) in [6, 6.07) is 23.1. The number of amides is 2. The number of para-hydroxylation sites is 1. The van der Waals surface area contributed by atoms with Gasteiger partial charge in [-0.1, -0.05) is 48.0 Å². The summed E-state index contributed by atoms with van der Waals surface area (Å²) >= 11 is 5.95. The first-order valence-corrected chi connectivity index (χ1v) is 11.4. The van der Waals surface area contributed by atoms with Crippen LogP contribution in [0.2, 0.25) is 5.02 Å². The van der Waals surface area contributed by atoms with E-state index in [2.05, 4.69) is 50.8 Å². The SMILES string of the molecule is CN(C)c1ccc(C(CNC(=O)CNC(=O)c2cccc(Cl)c2)c2c[nH]c3ccccc23)cc1. The number of H-pyrrole nitrogens is 1. The number of carbonyl (C=O) groups is 2. The highest BCUT2D eigenvalue weighted by molar-refractivity contribution is 6.31. The maximum atomic E-state index is 12.6. The van der Waals surface area contributed by atoms with E-state index in [-0.39, 0.29) is 24.3 Å². The fraction of sp³-hybridized carbons (Fsp3) is 0.185. The highest BCUT2D eigenvalue weighted by atomic mass is 35.5. The van der Waals surface area contributed by atoms with Crippen molar-refractivity contribution in [3.8, 4) is 0 Å². The molecular weight excluding hydrogens is 448 g/mol. The van der Waals surface area contributed by atoms with Crippen molar-refractivity contribution in [2.24, 2.45) is 0 Å². The summed E-state index contributed by atoms with van der Waals surface area (Å²) in [5.41, 5.74) is 4.77. The summed E-state index contributed by atoms with van der Waals surface area (Å²) in [5.74, 6) is -0.657. The molecule has 3 aromatic carbocycles. The number of anilines is 1. The Labute approximate surface area is 203 Å². The lowest BCUT2D eigenvalue weighted by molar-refractivity contribution is -0.120. The van der Waals surface area contributed by atoms with Crippen LogP contribution in [0, 0.1) is 0 Å². The number of benzene rings is 3. The number of hydrogen-bond donors (Lipinski definition) is 3. The molecule has 0 saturated heterocycles. The molecule has 0 radical (unpaired) electrons. The molecule has 0 fully saturated rings. The average Bonchev–Trinajstić information content (AvgIpc) is 3.27. The van der Waals surface area contributed by atoms with E-state index in [9.17, 15) is 9.59 Å². The lowest BCUT2D eigenvalue weighted by Crippen LogP contribution is -2.38. The number of carbonyl (C=O) groups excluding carboxylic acids is 2. The van der Waals surface area contributed by atoms with Crippen LogP contribution in [0.25, 0.3) is 10.9 Å². The van der Waals surface area contributed by atoms with Gasteiger partial charge in [0, 0.05) is 59.9 Å². The third kappa shape index (κ3) is 5.41. The molecule has 0 aliphatic rings. The molecule has 7 heteroatoms. The van der Waals surface area contributed by atoms with E-state index in [4.69, 9.17) is 11.6 Å². The van der Waals surface area contributed by atoms with Crippen LogP contribution < -0.4 is 15.5 Å². The van der Waals surface area contributed by atoms with Crippen molar-refractivity contribution >= 4 is 40.0 Å². The van der Waals surface area contributed by atoms with Gasteiger partial charge >= 0.3 is 0 Å². The van der Waals surface area contributed by atoms with Gasteiger partial charge in [-0.15, -0.1) is 0 Å². The van der Waals surface area contributed by atoms with Gasteiger partial charge in [0.15, 0.2) is 0 Å². The number of fused-ring (bicyclic) bond motifs is 1. The fourth-order valence-electron chi connectivity index (χ4n) is 3.97. The third-order valence-electron chi connectivity index (χ3n) is 5.81. The second-order valence-electron chi connectivity index (χ2n) is 8.33. The van der Waals surface area contributed by atoms with Gasteiger partial charge in [-0.3, -0.25) is 9.59 Å². The number of nitrogens with one attached hydrogen (secondary N) is 3. The summed E-state index contributed by atoms with van der Waals surface area (Å²) in [5, 5.41) is 7.23. The van der Waals surface area contributed by atoms with Crippen LogP contribution in [0.3, 0.4) is 0 Å². The van der Waals surface area contributed by atoms with E-state index in [1.807, 2.05) is 38.5 Å². The standard InChI is InChI=1S/C27H27ClN4O2/c1-32(2)21-12-10-18(11-13-21)23(24-16-29-25-9-4-3-8-22(24)25)15-30-26(33)17-31-27(34)19-6-5-7-20(28)14-19/h3-14,16,23,29H,15,17H2,1-2H3,(H,30,33)(H,31,34). The second-order valence-corrected chi connectivity index (χ2v) is 8.76. The summed E-state index contributed by atoms with van der Waals surface area (Å²) in [6.45, 7) is 0.278. The molecule has 1 atom stereocenters. The zero-order chi connectivity index (χ0) is 24.1. The van der Waals surface area contributed by atoms with Gasteiger partial charge in [0.25, 0.3) is 5.91 Å². The maximum Gasteiger partial charge on any atom is 0.251 e. The highest BCUT2D eigenvalue weighted by Crippen LogP contribution is 2.31. The van der Waals surface area contributed by atoms with Crippen molar-refractivity contribution in [1.29, 1.82) is 0 Å². The Morgan fingerprint density at radius 1 is 0.971 bits per heavy atom. The Hall–Kier alpha value is -3.77. The quantitative estimate of drug-likeness (QED) is 0.350. The zero-order valence-electron chi connectivity index (χ0n) is 19.1. The molecule has 2 amide bonds. The monoisotopic (exact) mass is 474 g/mol. The van der Waals surface area contributed by atoms with Crippen LogP contribution in [0.15, 0.2) is 79.0 Å². The molecular formula is C27H27ClN4O2. The van der Waals surface area contributed by atoms with Gasteiger partial charge in [0.1, 0.15) is 0 Å². The van der Waals surface area contributed by atoms with Gasteiger partial charge in [-0.05, 0) is 47.5 Å². The molecule has 0 saturated carbocycles. The molecule has 1 heterocycles. The first kappa shape index (κ1) is 23.4. The second kappa shape index (κ2) is 10.4. The Morgan fingerprint density at radius 3 is 2.47 bits per heavy atom. The summed E-state index contributed by atoms with van der Waals surface area (Å²) in [6.07, 6.45) is 2.00. The molecule has 1 aromatic heterocycles. The van der Waals surface area contributed by atoms with E-state index in [1.165, 1.54) is 0 Å².